The lowest BCUT2D eigenvalue weighted by atomic mass is 10.1. The number of fused-ring (bicyclic) bond motifs is 1. The van der Waals surface area contributed by atoms with Crippen molar-refractivity contribution in [1.29, 1.82) is 0 Å². The van der Waals surface area contributed by atoms with Crippen LogP contribution in [-0.2, 0) is 11.2 Å². The average Bonchev–Trinajstić information content (AvgIpc) is 2.91. The number of carbonyl (C=O) groups is 2. The van der Waals surface area contributed by atoms with Crippen LogP contribution >= 0.6 is 0 Å². The van der Waals surface area contributed by atoms with Crippen molar-refractivity contribution in [2.75, 3.05) is 5.32 Å². The standard InChI is InChI=1S/C15H12N2O4/c18-14(12-7-9-3-1-2-4-11(9)21-12)17-13-8-10(15(19)20)5-6-16-13/h1-6,8,12H,7H2,(H,19,20)(H,16,17,18). The van der Waals surface area contributed by atoms with E-state index in [1.807, 2.05) is 24.3 Å². The van der Waals surface area contributed by atoms with E-state index in [-0.39, 0.29) is 17.3 Å². The number of carboxylic acid groups (broad SMARTS) is 1. The Morgan fingerprint density at radius 2 is 2.10 bits per heavy atom. The van der Waals surface area contributed by atoms with Gasteiger partial charge in [0.25, 0.3) is 5.91 Å². The number of nitrogens with zero attached hydrogens (tertiary/aromatic N) is 1. The molecule has 0 bridgehead atoms. The van der Waals surface area contributed by atoms with Crippen LogP contribution in [0.5, 0.6) is 5.75 Å². The third-order valence-electron chi connectivity index (χ3n) is 3.20. The monoisotopic (exact) mass is 284 g/mol. The third kappa shape index (κ3) is 2.69. The Labute approximate surface area is 120 Å². The molecular weight excluding hydrogens is 272 g/mol. The van der Waals surface area contributed by atoms with E-state index in [4.69, 9.17) is 9.84 Å². The van der Waals surface area contributed by atoms with Crippen LogP contribution in [0.25, 0.3) is 0 Å². The first-order chi connectivity index (χ1) is 10.1. The lowest BCUT2D eigenvalue weighted by Crippen LogP contribution is -2.31. The number of pyridine rings is 1. The molecule has 0 fully saturated rings. The molecule has 1 amide bonds. The molecule has 1 unspecified atom stereocenters. The maximum Gasteiger partial charge on any atom is 0.335 e. The molecule has 2 heterocycles. The molecule has 6 nitrogen and oxygen atoms in total. The van der Waals surface area contributed by atoms with E-state index in [0.29, 0.717) is 12.2 Å². The first kappa shape index (κ1) is 13.1. The van der Waals surface area contributed by atoms with Crippen LogP contribution in [0, 0.1) is 0 Å². The number of carbonyl (C=O) groups excluding carboxylic acids is 1. The number of ether oxygens (including phenoxy) is 1. The van der Waals surface area contributed by atoms with Crippen molar-refractivity contribution in [3.8, 4) is 5.75 Å². The number of aromatic carboxylic acids is 1. The SMILES string of the molecule is O=C(O)c1ccnc(NC(=O)C2Cc3ccccc3O2)c1. The number of para-hydroxylation sites is 1. The van der Waals surface area contributed by atoms with Gasteiger partial charge in [-0.15, -0.1) is 0 Å². The third-order valence-corrected chi connectivity index (χ3v) is 3.20. The highest BCUT2D eigenvalue weighted by Gasteiger charge is 2.29. The minimum atomic E-state index is -1.07. The van der Waals surface area contributed by atoms with Crippen LogP contribution in [-0.4, -0.2) is 28.1 Å². The van der Waals surface area contributed by atoms with Gasteiger partial charge in [0.15, 0.2) is 6.10 Å². The molecule has 1 aromatic heterocycles. The van der Waals surface area contributed by atoms with Gasteiger partial charge in [-0.25, -0.2) is 9.78 Å². The number of benzene rings is 1. The quantitative estimate of drug-likeness (QED) is 0.896. The second-order valence-corrected chi connectivity index (χ2v) is 4.64. The van der Waals surface area contributed by atoms with Crippen LogP contribution in [0.4, 0.5) is 5.82 Å². The summed E-state index contributed by atoms with van der Waals surface area (Å²) in [5.74, 6) is -0.525. The summed E-state index contributed by atoms with van der Waals surface area (Å²) in [4.78, 5) is 27.0. The molecule has 21 heavy (non-hydrogen) atoms. The summed E-state index contributed by atoms with van der Waals surface area (Å²) >= 11 is 0. The predicted octanol–water partition coefficient (Wildman–Crippen LogP) is 1.72. The normalized spacial score (nSPS) is 15.9. The van der Waals surface area contributed by atoms with Gasteiger partial charge in [-0.2, -0.15) is 0 Å². The highest BCUT2D eigenvalue weighted by atomic mass is 16.5. The van der Waals surface area contributed by atoms with Crippen molar-refractivity contribution >= 4 is 17.7 Å². The molecule has 0 saturated carbocycles. The zero-order chi connectivity index (χ0) is 14.8. The van der Waals surface area contributed by atoms with Gasteiger partial charge < -0.3 is 15.2 Å². The van der Waals surface area contributed by atoms with Crippen LogP contribution in [0.1, 0.15) is 15.9 Å². The minimum Gasteiger partial charge on any atom is -0.480 e. The first-order valence-corrected chi connectivity index (χ1v) is 6.38. The average molecular weight is 284 g/mol. The Morgan fingerprint density at radius 3 is 2.86 bits per heavy atom. The van der Waals surface area contributed by atoms with Crippen molar-refractivity contribution in [2.24, 2.45) is 0 Å². The van der Waals surface area contributed by atoms with Crippen molar-refractivity contribution in [1.82, 2.24) is 4.98 Å². The number of anilines is 1. The summed E-state index contributed by atoms with van der Waals surface area (Å²) in [7, 11) is 0. The molecule has 1 aliphatic rings. The second kappa shape index (κ2) is 5.24. The Kier molecular flexibility index (Phi) is 3.27. The summed E-state index contributed by atoms with van der Waals surface area (Å²) in [6.07, 6.45) is 1.20. The van der Waals surface area contributed by atoms with Crippen molar-refractivity contribution in [2.45, 2.75) is 12.5 Å². The van der Waals surface area contributed by atoms with Gasteiger partial charge in [-0.3, -0.25) is 4.79 Å². The topological polar surface area (TPSA) is 88.5 Å². The van der Waals surface area contributed by atoms with E-state index in [0.717, 1.165) is 5.56 Å². The molecule has 0 radical (unpaired) electrons. The number of rotatable bonds is 3. The lowest BCUT2D eigenvalue weighted by molar-refractivity contribution is -0.122. The maximum absolute atomic E-state index is 12.1. The molecule has 2 N–H and O–H groups in total. The van der Waals surface area contributed by atoms with Crippen LogP contribution in [0.15, 0.2) is 42.6 Å². The Morgan fingerprint density at radius 1 is 1.29 bits per heavy atom. The fourth-order valence-corrected chi connectivity index (χ4v) is 2.17. The Hall–Kier alpha value is -2.89. The fraction of sp³-hybridized carbons (Fsp3) is 0.133. The van der Waals surface area contributed by atoms with E-state index in [1.165, 1.54) is 18.3 Å². The van der Waals surface area contributed by atoms with E-state index in [1.54, 1.807) is 0 Å². The molecule has 3 rings (SSSR count). The second-order valence-electron chi connectivity index (χ2n) is 4.64. The predicted molar refractivity (Wildman–Crippen MR) is 74.4 cm³/mol. The van der Waals surface area contributed by atoms with Crippen LogP contribution in [0.2, 0.25) is 0 Å². The fourth-order valence-electron chi connectivity index (χ4n) is 2.17. The zero-order valence-electron chi connectivity index (χ0n) is 10.9. The van der Waals surface area contributed by atoms with E-state index >= 15 is 0 Å². The molecule has 1 aromatic carbocycles. The summed E-state index contributed by atoms with van der Waals surface area (Å²) < 4.78 is 5.56. The number of nitrogens with one attached hydrogen (secondary N) is 1. The van der Waals surface area contributed by atoms with Crippen LogP contribution in [0.3, 0.4) is 0 Å². The summed E-state index contributed by atoms with van der Waals surface area (Å²) in [5, 5.41) is 11.5. The molecular formula is C15H12N2O4. The summed E-state index contributed by atoms with van der Waals surface area (Å²) in [5.41, 5.74) is 1.04. The summed E-state index contributed by atoms with van der Waals surface area (Å²) in [6, 6.07) is 10.1. The van der Waals surface area contributed by atoms with Gasteiger partial charge >= 0.3 is 5.97 Å². The first-order valence-electron chi connectivity index (χ1n) is 6.38. The highest BCUT2D eigenvalue weighted by molar-refractivity contribution is 5.95. The van der Waals surface area contributed by atoms with Crippen LogP contribution < -0.4 is 10.1 Å². The van der Waals surface area contributed by atoms with Gasteiger partial charge in [0.2, 0.25) is 0 Å². The number of hydrogen-bond donors (Lipinski definition) is 2. The largest absolute Gasteiger partial charge is 0.480 e. The summed E-state index contributed by atoms with van der Waals surface area (Å²) in [6.45, 7) is 0. The highest BCUT2D eigenvalue weighted by Crippen LogP contribution is 2.28. The Balaban J connectivity index is 1.71. The number of carboxylic acids is 1. The van der Waals surface area contributed by atoms with Gasteiger partial charge in [0.05, 0.1) is 5.56 Å². The van der Waals surface area contributed by atoms with Crippen molar-refractivity contribution < 1.29 is 19.4 Å². The smallest absolute Gasteiger partial charge is 0.335 e. The minimum absolute atomic E-state index is 0.0657. The molecule has 6 heteroatoms. The molecule has 0 aliphatic carbocycles. The lowest BCUT2D eigenvalue weighted by Gasteiger charge is -2.11. The molecule has 106 valence electrons. The van der Waals surface area contributed by atoms with Crippen molar-refractivity contribution in [3.05, 3.63) is 53.7 Å². The Bertz CT molecular complexity index is 689. The van der Waals surface area contributed by atoms with E-state index in [9.17, 15) is 9.59 Å². The number of hydrogen-bond acceptors (Lipinski definition) is 4. The van der Waals surface area contributed by atoms with Gasteiger partial charge in [0, 0.05) is 12.6 Å². The van der Waals surface area contributed by atoms with Gasteiger partial charge in [-0.05, 0) is 23.8 Å². The molecule has 0 saturated heterocycles. The van der Waals surface area contributed by atoms with Gasteiger partial charge in [0.1, 0.15) is 11.6 Å². The molecule has 1 aliphatic heterocycles. The molecule has 1 atom stereocenters. The molecule has 0 spiro atoms. The zero-order valence-corrected chi connectivity index (χ0v) is 10.9. The molecule has 2 aromatic rings. The van der Waals surface area contributed by atoms with E-state index < -0.39 is 12.1 Å². The van der Waals surface area contributed by atoms with Crippen molar-refractivity contribution in [3.63, 3.8) is 0 Å². The number of amides is 1. The van der Waals surface area contributed by atoms with Gasteiger partial charge in [-0.1, -0.05) is 18.2 Å². The number of aromatic nitrogens is 1. The van der Waals surface area contributed by atoms with E-state index in [2.05, 4.69) is 10.3 Å². The maximum atomic E-state index is 12.1.